The predicted octanol–water partition coefficient (Wildman–Crippen LogP) is 3.87. The number of hydrogen-bond donors (Lipinski definition) is 2. The van der Waals surface area contributed by atoms with Gasteiger partial charge in [-0.05, 0) is 51.4 Å². The van der Waals surface area contributed by atoms with Gasteiger partial charge in [0.25, 0.3) is 0 Å². The summed E-state index contributed by atoms with van der Waals surface area (Å²) >= 11 is 0. The lowest BCUT2D eigenvalue weighted by atomic mass is 9.70. The van der Waals surface area contributed by atoms with Gasteiger partial charge >= 0.3 is 6.09 Å². The van der Waals surface area contributed by atoms with Gasteiger partial charge in [0.05, 0.1) is 0 Å². The molecule has 1 saturated carbocycles. The van der Waals surface area contributed by atoms with Crippen LogP contribution in [0.25, 0.3) is 0 Å². The minimum atomic E-state index is -0.445. The second-order valence-electron chi connectivity index (χ2n) is 8.37. The molecule has 0 radical (unpaired) electrons. The zero-order valence-corrected chi connectivity index (χ0v) is 15.2. The molecule has 1 fully saturated rings. The van der Waals surface area contributed by atoms with Gasteiger partial charge in [-0.2, -0.15) is 0 Å². The predicted molar refractivity (Wildman–Crippen MR) is 92.0 cm³/mol. The molecule has 1 aliphatic rings. The van der Waals surface area contributed by atoms with Crippen molar-refractivity contribution in [1.29, 1.82) is 0 Å². The maximum atomic E-state index is 11.5. The number of hydrogen-bond acceptors (Lipinski definition) is 3. The molecule has 0 bridgehead atoms. The maximum Gasteiger partial charge on any atom is 0.407 e. The Morgan fingerprint density at radius 2 is 1.86 bits per heavy atom. The highest BCUT2D eigenvalue weighted by atomic mass is 16.6. The van der Waals surface area contributed by atoms with Gasteiger partial charge in [0.15, 0.2) is 0 Å². The van der Waals surface area contributed by atoms with Crippen LogP contribution in [0.2, 0.25) is 0 Å². The zero-order valence-electron chi connectivity index (χ0n) is 15.2. The normalized spacial score (nSPS) is 25.2. The number of alkyl carbamates (subject to hydrolysis) is 1. The van der Waals surface area contributed by atoms with Gasteiger partial charge in [0.1, 0.15) is 5.60 Å². The van der Waals surface area contributed by atoms with Crippen LogP contribution < -0.4 is 10.6 Å². The third-order valence-electron chi connectivity index (χ3n) is 3.84. The van der Waals surface area contributed by atoms with Crippen molar-refractivity contribution >= 4 is 6.09 Å². The molecule has 0 aromatic rings. The molecule has 22 heavy (non-hydrogen) atoms. The van der Waals surface area contributed by atoms with Gasteiger partial charge in [-0.15, -0.1) is 0 Å². The van der Waals surface area contributed by atoms with E-state index in [1.165, 1.54) is 19.3 Å². The van der Waals surface area contributed by atoms with E-state index in [1.807, 2.05) is 26.8 Å². The van der Waals surface area contributed by atoms with Gasteiger partial charge in [0.2, 0.25) is 0 Å². The lowest BCUT2D eigenvalue weighted by Crippen LogP contribution is -2.40. The summed E-state index contributed by atoms with van der Waals surface area (Å²) in [6.45, 7) is 14.0. The second kappa shape index (κ2) is 8.00. The lowest BCUT2D eigenvalue weighted by Gasteiger charge is -2.39. The van der Waals surface area contributed by atoms with Crippen molar-refractivity contribution in [2.75, 3.05) is 13.1 Å². The molecule has 1 aliphatic carbocycles. The molecule has 128 valence electrons. The fraction of sp³-hybridized carbons (Fsp3) is 0.833. The maximum absolute atomic E-state index is 11.5. The molecule has 1 rings (SSSR count). The molecule has 2 N–H and O–H groups in total. The molecule has 1 amide bonds. The van der Waals surface area contributed by atoms with E-state index in [-0.39, 0.29) is 6.09 Å². The first-order valence-corrected chi connectivity index (χ1v) is 8.43. The minimum Gasteiger partial charge on any atom is -0.444 e. The third-order valence-corrected chi connectivity index (χ3v) is 3.84. The van der Waals surface area contributed by atoms with Gasteiger partial charge < -0.3 is 15.4 Å². The molecule has 0 aromatic carbocycles. The fourth-order valence-corrected chi connectivity index (χ4v) is 3.36. The molecule has 4 nitrogen and oxygen atoms in total. The Hall–Kier alpha value is -1.03. The van der Waals surface area contributed by atoms with Crippen LogP contribution in [0.1, 0.15) is 60.8 Å². The molecular formula is C18H34N2O2. The molecule has 0 spiro atoms. The van der Waals surface area contributed by atoms with E-state index in [4.69, 9.17) is 4.74 Å². The van der Waals surface area contributed by atoms with Gasteiger partial charge in [-0.3, -0.25) is 0 Å². The molecule has 4 heteroatoms. The van der Waals surface area contributed by atoms with Crippen molar-refractivity contribution in [1.82, 2.24) is 10.6 Å². The fourth-order valence-electron chi connectivity index (χ4n) is 3.36. The molecule has 2 atom stereocenters. The van der Waals surface area contributed by atoms with Gasteiger partial charge in [0, 0.05) is 19.1 Å². The molecule has 0 aromatic heterocycles. The van der Waals surface area contributed by atoms with E-state index < -0.39 is 5.60 Å². The van der Waals surface area contributed by atoms with Crippen molar-refractivity contribution < 1.29 is 9.53 Å². The van der Waals surface area contributed by atoms with Crippen molar-refractivity contribution in [2.45, 2.75) is 72.4 Å². The topological polar surface area (TPSA) is 50.4 Å². The number of carbonyl (C=O) groups is 1. The van der Waals surface area contributed by atoms with Crippen molar-refractivity contribution in [2.24, 2.45) is 11.3 Å². The number of carbonyl (C=O) groups excluding carboxylic acids is 1. The smallest absolute Gasteiger partial charge is 0.407 e. The van der Waals surface area contributed by atoms with Crippen molar-refractivity contribution in [3.63, 3.8) is 0 Å². The number of nitrogens with one attached hydrogen (secondary N) is 2. The second-order valence-corrected chi connectivity index (χ2v) is 8.37. The van der Waals surface area contributed by atoms with Crippen LogP contribution in [0.4, 0.5) is 4.79 Å². The summed E-state index contributed by atoms with van der Waals surface area (Å²) in [5, 5.41) is 6.33. The minimum absolute atomic E-state index is 0.368. The summed E-state index contributed by atoms with van der Waals surface area (Å²) in [4.78, 5) is 11.5. The zero-order chi connectivity index (χ0) is 16.8. The Balaban J connectivity index is 2.17. The van der Waals surface area contributed by atoms with Crippen molar-refractivity contribution in [3.05, 3.63) is 12.2 Å². The van der Waals surface area contributed by atoms with Gasteiger partial charge in [-0.1, -0.05) is 32.9 Å². The van der Waals surface area contributed by atoms with Crippen LogP contribution in [0.15, 0.2) is 12.2 Å². The first-order chi connectivity index (χ1) is 10.1. The van der Waals surface area contributed by atoms with E-state index in [1.54, 1.807) is 0 Å². The van der Waals surface area contributed by atoms with E-state index in [2.05, 4.69) is 37.5 Å². The van der Waals surface area contributed by atoms with Crippen molar-refractivity contribution in [3.8, 4) is 0 Å². The Labute approximate surface area is 136 Å². The number of ether oxygens (including phenoxy) is 1. The largest absolute Gasteiger partial charge is 0.444 e. The Morgan fingerprint density at radius 1 is 1.23 bits per heavy atom. The van der Waals surface area contributed by atoms with Crippen LogP contribution in [-0.4, -0.2) is 30.8 Å². The molecule has 0 saturated heterocycles. The van der Waals surface area contributed by atoms with E-state index >= 15 is 0 Å². The average Bonchev–Trinajstić information content (AvgIpc) is 2.28. The SMILES string of the molecule is CC1CC(NC/C=C/CNC(=O)OC(C)(C)C)CC(C)(C)C1. The van der Waals surface area contributed by atoms with E-state index in [0.29, 0.717) is 18.0 Å². The first-order valence-electron chi connectivity index (χ1n) is 8.43. The number of rotatable bonds is 5. The summed E-state index contributed by atoms with van der Waals surface area (Å²) in [6.07, 6.45) is 7.49. The Morgan fingerprint density at radius 3 is 2.45 bits per heavy atom. The summed E-state index contributed by atoms with van der Waals surface area (Å²) in [7, 11) is 0. The van der Waals surface area contributed by atoms with E-state index in [0.717, 1.165) is 12.5 Å². The van der Waals surface area contributed by atoms with Crippen LogP contribution in [0, 0.1) is 11.3 Å². The quantitative estimate of drug-likeness (QED) is 0.758. The summed E-state index contributed by atoms with van der Waals surface area (Å²) in [6, 6.07) is 0.599. The molecule has 0 aliphatic heterocycles. The molecule has 0 heterocycles. The number of amides is 1. The highest BCUT2D eigenvalue weighted by molar-refractivity contribution is 5.67. The van der Waals surface area contributed by atoms with Crippen LogP contribution >= 0.6 is 0 Å². The standard InChI is InChI=1S/C18H34N2O2/c1-14-11-15(13-18(5,6)12-14)19-9-7-8-10-20-16(21)22-17(2,3)4/h7-8,14-15,19H,9-13H2,1-6H3,(H,20,21)/b8-7+. The molecule has 2 unspecified atom stereocenters. The van der Waals surface area contributed by atoms with Crippen LogP contribution in [-0.2, 0) is 4.74 Å². The Bertz CT molecular complexity index is 383. The summed E-state index contributed by atoms with van der Waals surface area (Å²) < 4.78 is 5.17. The highest BCUT2D eigenvalue weighted by Gasteiger charge is 2.31. The summed E-state index contributed by atoms with van der Waals surface area (Å²) in [5.41, 5.74) is -0.00283. The highest BCUT2D eigenvalue weighted by Crippen LogP contribution is 2.38. The van der Waals surface area contributed by atoms with Crippen LogP contribution in [0.5, 0.6) is 0 Å². The van der Waals surface area contributed by atoms with E-state index in [9.17, 15) is 4.79 Å². The first kappa shape index (κ1) is 19.0. The molecular weight excluding hydrogens is 276 g/mol. The third kappa shape index (κ3) is 8.42. The monoisotopic (exact) mass is 310 g/mol. The lowest BCUT2D eigenvalue weighted by molar-refractivity contribution is 0.0534. The summed E-state index contributed by atoms with van der Waals surface area (Å²) in [5.74, 6) is 0.791. The van der Waals surface area contributed by atoms with Gasteiger partial charge in [-0.25, -0.2) is 4.79 Å². The average molecular weight is 310 g/mol. The Kier molecular flexibility index (Phi) is 6.92. The van der Waals surface area contributed by atoms with Crippen LogP contribution in [0.3, 0.4) is 0 Å².